The van der Waals surface area contributed by atoms with Crippen LogP contribution in [0.5, 0.6) is 0 Å². The van der Waals surface area contributed by atoms with Gasteiger partial charge in [-0.05, 0) is 51.5 Å². The van der Waals surface area contributed by atoms with Gasteiger partial charge in [0.25, 0.3) is 0 Å². The van der Waals surface area contributed by atoms with Crippen molar-refractivity contribution in [1.29, 1.82) is 0 Å². The number of rotatable bonds is 3. The topological polar surface area (TPSA) is 55.8 Å². The van der Waals surface area contributed by atoms with E-state index in [0.717, 1.165) is 24.8 Å². The molecule has 1 aromatic carbocycles. The third-order valence-electron chi connectivity index (χ3n) is 4.17. The number of hydrogen-bond donors (Lipinski definition) is 0. The molecular weight excluding hydrogens is 306 g/mol. The SMILES string of the molecule is COC(=O)[C@H]1[C@@H](Cc2ccccc2)CCCN1C(=O)OC(C)(C)C. The molecule has 5 heteroatoms. The van der Waals surface area contributed by atoms with Crippen LogP contribution in [0.25, 0.3) is 0 Å². The van der Waals surface area contributed by atoms with Crippen LogP contribution in [0.4, 0.5) is 4.79 Å². The van der Waals surface area contributed by atoms with Gasteiger partial charge in [0.05, 0.1) is 7.11 Å². The zero-order valence-electron chi connectivity index (χ0n) is 15.0. The van der Waals surface area contributed by atoms with E-state index in [2.05, 4.69) is 0 Å². The lowest BCUT2D eigenvalue weighted by molar-refractivity contribution is -0.150. The van der Waals surface area contributed by atoms with Crippen LogP contribution < -0.4 is 0 Å². The van der Waals surface area contributed by atoms with E-state index in [9.17, 15) is 9.59 Å². The van der Waals surface area contributed by atoms with Crippen LogP contribution >= 0.6 is 0 Å². The first-order valence-electron chi connectivity index (χ1n) is 8.43. The standard InChI is InChI=1S/C19H27NO4/c1-19(2,3)24-18(22)20-12-8-11-15(16(20)17(21)23-4)13-14-9-6-5-7-10-14/h5-7,9-10,15-16H,8,11-13H2,1-4H3/t15-,16-/m1/s1. The van der Waals surface area contributed by atoms with Crippen LogP contribution in [-0.2, 0) is 20.7 Å². The summed E-state index contributed by atoms with van der Waals surface area (Å²) in [5.74, 6) is -0.345. The first-order valence-corrected chi connectivity index (χ1v) is 8.43. The quantitative estimate of drug-likeness (QED) is 0.795. The molecule has 1 saturated heterocycles. The molecule has 0 radical (unpaired) electrons. The third-order valence-corrected chi connectivity index (χ3v) is 4.17. The van der Waals surface area contributed by atoms with Crippen molar-refractivity contribution in [3.8, 4) is 0 Å². The van der Waals surface area contributed by atoms with Crippen molar-refractivity contribution < 1.29 is 19.1 Å². The summed E-state index contributed by atoms with van der Waals surface area (Å²) >= 11 is 0. The summed E-state index contributed by atoms with van der Waals surface area (Å²) in [4.78, 5) is 26.5. The molecule has 0 saturated carbocycles. The van der Waals surface area contributed by atoms with E-state index in [0.29, 0.717) is 6.54 Å². The van der Waals surface area contributed by atoms with Crippen molar-refractivity contribution in [3.63, 3.8) is 0 Å². The highest BCUT2D eigenvalue weighted by molar-refractivity contribution is 5.82. The molecule has 0 aromatic heterocycles. The van der Waals surface area contributed by atoms with Crippen LogP contribution in [0.3, 0.4) is 0 Å². The molecule has 0 aliphatic carbocycles. The van der Waals surface area contributed by atoms with E-state index >= 15 is 0 Å². The largest absolute Gasteiger partial charge is 0.467 e. The summed E-state index contributed by atoms with van der Waals surface area (Å²) < 4.78 is 10.5. The summed E-state index contributed by atoms with van der Waals surface area (Å²) in [6, 6.07) is 9.42. The lowest BCUT2D eigenvalue weighted by atomic mass is 9.84. The Kier molecular flexibility index (Phi) is 5.86. The number of ether oxygens (including phenoxy) is 2. The summed E-state index contributed by atoms with van der Waals surface area (Å²) in [7, 11) is 1.36. The maximum atomic E-state index is 12.5. The van der Waals surface area contributed by atoms with Crippen molar-refractivity contribution in [1.82, 2.24) is 4.90 Å². The number of esters is 1. The highest BCUT2D eigenvalue weighted by Crippen LogP contribution is 2.29. The van der Waals surface area contributed by atoms with E-state index in [1.807, 2.05) is 51.1 Å². The number of methoxy groups -OCH3 is 1. The molecular formula is C19H27NO4. The predicted octanol–water partition coefficient (Wildman–Crippen LogP) is 3.42. The van der Waals surface area contributed by atoms with E-state index < -0.39 is 17.7 Å². The van der Waals surface area contributed by atoms with Crippen LogP contribution in [0, 0.1) is 5.92 Å². The van der Waals surface area contributed by atoms with Gasteiger partial charge in [0.2, 0.25) is 0 Å². The van der Waals surface area contributed by atoms with Gasteiger partial charge in [0.15, 0.2) is 0 Å². The van der Waals surface area contributed by atoms with Gasteiger partial charge >= 0.3 is 12.1 Å². The zero-order chi connectivity index (χ0) is 17.7. The Bertz CT molecular complexity index is 564. The van der Waals surface area contributed by atoms with Gasteiger partial charge in [-0.25, -0.2) is 9.59 Å². The molecule has 0 N–H and O–H groups in total. The number of benzene rings is 1. The molecule has 2 atom stereocenters. The van der Waals surface area contributed by atoms with Gasteiger partial charge in [-0.15, -0.1) is 0 Å². The molecule has 2 rings (SSSR count). The fraction of sp³-hybridized carbons (Fsp3) is 0.579. The average Bonchev–Trinajstić information content (AvgIpc) is 2.53. The Labute approximate surface area is 143 Å². The van der Waals surface area contributed by atoms with E-state index in [1.165, 1.54) is 12.0 Å². The van der Waals surface area contributed by atoms with Crippen LogP contribution in [0.15, 0.2) is 30.3 Å². The number of hydrogen-bond acceptors (Lipinski definition) is 4. The third kappa shape index (κ3) is 4.73. The second-order valence-corrected chi connectivity index (χ2v) is 7.23. The summed E-state index contributed by atoms with van der Waals surface area (Å²) in [6.07, 6.45) is 2.02. The number of amides is 1. The van der Waals surface area contributed by atoms with Gasteiger partial charge in [-0.1, -0.05) is 30.3 Å². The molecule has 1 fully saturated rings. The van der Waals surface area contributed by atoms with Crippen LogP contribution in [0.1, 0.15) is 39.2 Å². The lowest BCUT2D eigenvalue weighted by Gasteiger charge is -2.40. The zero-order valence-corrected chi connectivity index (χ0v) is 15.0. The van der Waals surface area contributed by atoms with Crippen molar-refractivity contribution in [3.05, 3.63) is 35.9 Å². The number of nitrogens with zero attached hydrogens (tertiary/aromatic N) is 1. The second-order valence-electron chi connectivity index (χ2n) is 7.23. The average molecular weight is 333 g/mol. The van der Waals surface area contributed by atoms with E-state index in [1.54, 1.807) is 0 Å². The highest BCUT2D eigenvalue weighted by atomic mass is 16.6. The van der Waals surface area contributed by atoms with E-state index in [4.69, 9.17) is 9.47 Å². The van der Waals surface area contributed by atoms with Crippen molar-refractivity contribution >= 4 is 12.1 Å². The van der Waals surface area contributed by atoms with Crippen LogP contribution in [-0.4, -0.2) is 42.3 Å². The Morgan fingerprint density at radius 1 is 1.21 bits per heavy atom. The fourth-order valence-electron chi connectivity index (χ4n) is 3.17. The normalized spacial score (nSPS) is 21.2. The molecule has 1 aliphatic rings. The van der Waals surface area contributed by atoms with Gasteiger partial charge in [0, 0.05) is 6.54 Å². The molecule has 0 unspecified atom stereocenters. The minimum absolute atomic E-state index is 0.0288. The minimum atomic E-state index is -0.598. The number of carbonyl (C=O) groups excluding carboxylic acids is 2. The monoisotopic (exact) mass is 333 g/mol. The Morgan fingerprint density at radius 2 is 1.88 bits per heavy atom. The van der Waals surface area contributed by atoms with Crippen molar-refractivity contribution in [2.24, 2.45) is 5.92 Å². The summed E-state index contributed by atoms with van der Waals surface area (Å²) in [5.41, 5.74) is 0.562. The van der Waals surface area contributed by atoms with Crippen molar-refractivity contribution in [2.75, 3.05) is 13.7 Å². The first-order chi connectivity index (χ1) is 11.3. The smallest absolute Gasteiger partial charge is 0.411 e. The lowest BCUT2D eigenvalue weighted by Crippen LogP contribution is -2.54. The first kappa shape index (κ1) is 18.3. The van der Waals surface area contributed by atoms with Gasteiger partial charge in [-0.3, -0.25) is 4.90 Å². The molecule has 132 valence electrons. The second kappa shape index (κ2) is 7.69. The molecule has 1 amide bonds. The highest BCUT2D eigenvalue weighted by Gasteiger charge is 2.41. The van der Waals surface area contributed by atoms with E-state index in [-0.39, 0.29) is 11.9 Å². The van der Waals surface area contributed by atoms with Gasteiger partial charge in [-0.2, -0.15) is 0 Å². The molecule has 24 heavy (non-hydrogen) atoms. The predicted molar refractivity (Wildman–Crippen MR) is 91.6 cm³/mol. The molecule has 0 bridgehead atoms. The Morgan fingerprint density at radius 3 is 2.46 bits per heavy atom. The molecule has 0 spiro atoms. The number of likely N-dealkylation sites (tertiary alicyclic amines) is 1. The minimum Gasteiger partial charge on any atom is -0.467 e. The number of piperidine rings is 1. The molecule has 1 heterocycles. The molecule has 1 aliphatic heterocycles. The fourth-order valence-corrected chi connectivity index (χ4v) is 3.17. The maximum absolute atomic E-state index is 12.5. The Hall–Kier alpha value is -2.04. The molecule has 5 nitrogen and oxygen atoms in total. The summed E-state index contributed by atoms with van der Waals surface area (Å²) in [6.45, 7) is 5.98. The van der Waals surface area contributed by atoms with Crippen LogP contribution in [0.2, 0.25) is 0 Å². The van der Waals surface area contributed by atoms with Crippen molar-refractivity contribution in [2.45, 2.75) is 51.7 Å². The Balaban J connectivity index is 2.20. The summed E-state index contributed by atoms with van der Waals surface area (Å²) in [5, 5.41) is 0. The molecule has 1 aromatic rings. The number of carbonyl (C=O) groups is 2. The maximum Gasteiger partial charge on any atom is 0.411 e. The van der Waals surface area contributed by atoms with Gasteiger partial charge in [0.1, 0.15) is 11.6 Å². The van der Waals surface area contributed by atoms with Gasteiger partial charge < -0.3 is 9.47 Å².